The highest BCUT2D eigenvalue weighted by molar-refractivity contribution is 7.09. The summed E-state index contributed by atoms with van der Waals surface area (Å²) in [4.78, 5) is 25.2. The molecule has 0 bridgehead atoms. The Hall–Kier alpha value is -2.96. The summed E-state index contributed by atoms with van der Waals surface area (Å²) in [7, 11) is 0. The minimum Gasteiger partial charge on any atom is -0.368 e. The number of carbonyl (C=O) groups excluding carboxylic acids is 2. The van der Waals surface area contributed by atoms with E-state index in [0.29, 0.717) is 12.8 Å². The second-order valence-corrected chi connectivity index (χ2v) is 7.65. The Bertz CT molecular complexity index is 909. The molecule has 2 atom stereocenters. The number of carbonyl (C=O) groups is 2. The Labute approximate surface area is 168 Å². The average Bonchev–Trinajstić information content (AvgIpc) is 3.21. The summed E-state index contributed by atoms with van der Waals surface area (Å²) in [6.45, 7) is 0. The van der Waals surface area contributed by atoms with Crippen LogP contribution in [0.2, 0.25) is 0 Å². The van der Waals surface area contributed by atoms with E-state index in [-0.39, 0.29) is 5.91 Å². The Balaban J connectivity index is 1.62. The van der Waals surface area contributed by atoms with Gasteiger partial charge in [0.05, 0.1) is 6.04 Å². The molecule has 2 aromatic carbocycles. The van der Waals surface area contributed by atoms with Crippen LogP contribution in [-0.4, -0.2) is 23.9 Å². The Morgan fingerprint density at radius 3 is 2.18 bits per heavy atom. The summed E-state index contributed by atoms with van der Waals surface area (Å²) >= 11 is 1.54. The first-order valence-electron chi connectivity index (χ1n) is 9.05. The summed E-state index contributed by atoms with van der Waals surface area (Å²) < 4.78 is 0. The maximum absolute atomic E-state index is 12.4. The standard InChI is InChI=1S/C22H23N3O2S/c23-19(14-18-7-4-12-28-18)22(27)25-20(21(24)26)13-15-8-10-17(11-9-15)16-5-2-1-3-6-16/h1-12,19-20H,13-14,23H2,(H2,24,26)(H,25,27)/t19?,20-/m0/s1. The molecule has 5 N–H and O–H groups in total. The molecule has 1 aromatic heterocycles. The normalized spacial score (nSPS) is 12.9. The van der Waals surface area contributed by atoms with Gasteiger partial charge in [0, 0.05) is 17.7 Å². The van der Waals surface area contributed by atoms with Crippen molar-refractivity contribution in [3.8, 4) is 11.1 Å². The molecule has 5 nitrogen and oxygen atoms in total. The zero-order valence-corrected chi connectivity index (χ0v) is 16.2. The van der Waals surface area contributed by atoms with E-state index in [9.17, 15) is 9.59 Å². The fraction of sp³-hybridized carbons (Fsp3) is 0.182. The van der Waals surface area contributed by atoms with Gasteiger partial charge in [0.2, 0.25) is 11.8 Å². The number of rotatable bonds is 8. The molecule has 0 radical (unpaired) electrons. The maximum Gasteiger partial charge on any atom is 0.240 e. The molecular weight excluding hydrogens is 370 g/mol. The second kappa shape index (κ2) is 9.30. The van der Waals surface area contributed by atoms with Crippen LogP contribution in [0.5, 0.6) is 0 Å². The number of benzene rings is 2. The predicted octanol–water partition coefficient (Wildman–Crippen LogP) is 2.50. The Morgan fingerprint density at radius 2 is 1.57 bits per heavy atom. The first-order valence-corrected chi connectivity index (χ1v) is 9.93. The van der Waals surface area contributed by atoms with Crippen molar-refractivity contribution >= 4 is 23.2 Å². The zero-order valence-electron chi connectivity index (χ0n) is 15.4. The van der Waals surface area contributed by atoms with Crippen molar-refractivity contribution in [3.05, 3.63) is 82.6 Å². The molecule has 0 saturated carbocycles. The molecule has 28 heavy (non-hydrogen) atoms. The van der Waals surface area contributed by atoms with Gasteiger partial charge in [-0.3, -0.25) is 9.59 Å². The Morgan fingerprint density at radius 1 is 0.893 bits per heavy atom. The number of amides is 2. The van der Waals surface area contributed by atoms with Crippen molar-refractivity contribution in [2.24, 2.45) is 11.5 Å². The Kier molecular flexibility index (Phi) is 6.57. The highest BCUT2D eigenvalue weighted by Gasteiger charge is 2.22. The van der Waals surface area contributed by atoms with Crippen molar-refractivity contribution in [2.45, 2.75) is 24.9 Å². The van der Waals surface area contributed by atoms with E-state index in [4.69, 9.17) is 11.5 Å². The molecular formula is C22H23N3O2S. The van der Waals surface area contributed by atoms with E-state index in [1.165, 1.54) is 0 Å². The lowest BCUT2D eigenvalue weighted by Crippen LogP contribution is -2.51. The third-order valence-corrected chi connectivity index (χ3v) is 5.40. The fourth-order valence-corrected chi connectivity index (χ4v) is 3.70. The summed E-state index contributed by atoms with van der Waals surface area (Å²) in [5.74, 6) is -0.957. The van der Waals surface area contributed by atoms with E-state index < -0.39 is 18.0 Å². The number of thiophene rings is 1. The number of hydrogen-bond acceptors (Lipinski definition) is 4. The molecule has 3 rings (SSSR count). The summed E-state index contributed by atoms with van der Waals surface area (Å²) in [5.41, 5.74) is 14.6. The van der Waals surface area contributed by atoms with Crippen molar-refractivity contribution in [1.82, 2.24) is 5.32 Å². The summed E-state index contributed by atoms with van der Waals surface area (Å²) in [6.07, 6.45) is 0.753. The van der Waals surface area contributed by atoms with Gasteiger partial charge < -0.3 is 16.8 Å². The number of primary amides is 1. The van der Waals surface area contributed by atoms with Gasteiger partial charge >= 0.3 is 0 Å². The third-order valence-electron chi connectivity index (χ3n) is 4.50. The largest absolute Gasteiger partial charge is 0.368 e. The number of nitrogens with two attached hydrogens (primary N) is 2. The molecule has 144 valence electrons. The van der Waals surface area contributed by atoms with Crippen molar-refractivity contribution in [3.63, 3.8) is 0 Å². The van der Waals surface area contributed by atoms with E-state index in [2.05, 4.69) is 5.32 Å². The van der Waals surface area contributed by atoms with Crippen LogP contribution in [0.1, 0.15) is 10.4 Å². The summed E-state index contributed by atoms with van der Waals surface area (Å²) in [6, 6.07) is 20.2. The van der Waals surface area contributed by atoms with E-state index in [1.54, 1.807) is 11.3 Å². The molecule has 2 amide bonds. The second-order valence-electron chi connectivity index (χ2n) is 6.62. The van der Waals surface area contributed by atoms with Gasteiger partial charge in [-0.1, -0.05) is 60.7 Å². The molecule has 0 aliphatic heterocycles. The van der Waals surface area contributed by atoms with E-state index in [0.717, 1.165) is 21.6 Å². The van der Waals surface area contributed by atoms with Crippen LogP contribution in [0, 0.1) is 0 Å². The molecule has 1 unspecified atom stereocenters. The minimum absolute atomic E-state index is 0.321. The topological polar surface area (TPSA) is 98.2 Å². The predicted molar refractivity (Wildman–Crippen MR) is 113 cm³/mol. The first kappa shape index (κ1) is 19.8. The lowest BCUT2D eigenvalue weighted by molar-refractivity contribution is -0.128. The lowest BCUT2D eigenvalue weighted by atomic mass is 10.00. The lowest BCUT2D eigenvalue weighted by Gasteiger charge is -2.18. The van der Waals surface area contributed by atoms with E-state index >= 15 is 0 Å². The van der Waals surface area contributed by atoms with Gasteiger partial charge in [0.25, 0.3) is 0 Å². The van der Waals surface area contributed by atoms with Crippen molar-refractivity contribution in [2.75, 3.05) is 0 Å². The first-order chi connectivity index (χ1) is 13.5. The molecule has 0 aliphatic rings. The van der Waals surface area contributed by atoms with Crippen LogP contribution in [0.3, 0.4) is 0 Å². The smallest absolute Gasteiger partial charge is 0.240 e. The molecule has 0 aliphatic carbocycles. The van der Waals surface area contributed by atoms with Crippen molar-refractivity contribution in [1.29, 1.82) is 0 Å². The molecule has 3 aromatic rings. The van der Waals surface area contributed by atoms with Crippen molar-refractivity contribution < 1.29 is 9.59 Å². The van der Waals surface area contributed by atoms with Gasteiger partial charge in [-0.25, -0.2) is 0 Å². The van der Waals surface area contributed by atoms with E-state index in [1.807, 2.05) is 72.1 Å². The molecule has 0 spiro atoms. The van der Waals surface area contributed by atoms with Gasteiger partial charge in [0.15, 0.2) is 0 Å². The van der Waals surface area contributed by atoms with Crippen LogP contribution in [0.4, 0.5) is 0 Å². The minimum atomic E-state index is -0.801. The van der Waals surface area contributed by atoms with Crippen LogP contribution in [0.25, 0.3) is 11.1 Å². The van der Waals surface area contributed by atoms with Gasteiger partial charge in [-0.05, 0) is 28.1 Å². The zero-order chi connectivity index (χ0) is 19.9. The van der Waals surface area contributed by atoms with Crippen LogP contribution in [0.15, 0.2) is 72.1 Å². The highest BCUT2D eigenvalue weighted by atomic mass is 32.1. The van der Waals surface area contributed by atoms with Crippen LogP contribution >= 0.6 is 11.3 Å². The van der Waals surface area contributed by atoms with Crippen LogP contribution in [-0.2, 0) is 22.4 Å². The van der Waals surface area contributed by atoms with Gasteiger partial charge in [-0.2, -0.15) is 0 Å². The van der Waals surface area contributed by atoms with Crippen LogP contribution < -0.4 is 16.8 Å². The molecule has 0 fully saturated rings. The number of nitrogens with one attached hydrogen (secondary N) is 1. The molecule has 6 heteroatoms. The molecule has 1 heterocycles. The third kappa shape index (κ3) is 5.28. The van der Waals surface area contributed by atoms with Gasteiger partial charge in [0.1, 0.15) is 6.04 Å². The number of hydrogen-bond donors (Lipinski definition) is 3. The average molecular weight is 394 g/mol. The highest BCUT2D eigenvalue weighted by Crippen LogP contribution is 2.19. The monoisotopic (exact) mass is 393 g/mol. The fourth-order valence-electron chi connectivity index (χ4n) is 2.94. The SMILES string of the molecule is NC(=O)[C@H](Cc1ccc(-c2ccccc2)cc1)NC(=O)C(N)Cc1cccs1. The quantitative estimate of drug-likeness (QED) is 0.548. The summed E-state index contributed by atoms with van der Waals surface area (Å²) in [5, 5.41) is 4.63. The van der Waals surface area contributed by atoms with Gasteiger partial charge in [-0.15, -0.1) is 11.3 Å². The maximum atomic E-state index is 12.4. The molecule has 0 saturated heterocycles.